The second-order valence-electron chi connectivity index (χ2n) is 10.8. The molecule has 0 aliphatic rings. The molecule has 6 rings (SSSR count). The van der Waals surface area contributed by atoms with E-state index in [4.69, 9.17) is 0 Å². The van der Waals surface area contributed by atoms with E-state index < -0.39 is 17.9 Å². The van der Waals surface area contributed by atoms with Gasteiger partial charge in [0.2, 0.25) is 0 Å². The molecule has 0 spiro atoms. The average Bonchev–Trinajstić information content (AvgIpc) is 3.75. The average molecular weight is 634 g/mol. The molecule has 0 bridgehead atoms. The SMILES string of the molecule is O=C([O-])CCCc1c[nH]c2ccccc12.O=C([O-])CCCc1c[nH]c2ccccc12.O=C([O-])CCCc1c[nH]c2ccccc12.[Al+3]. The van der Waals surface area contributed by atoms with Crippen molar-refractivity contribution in [1.82, 2.24) is 15.0 Å². The topological polar surface area (TPSA) is 168 Å². The summed E-state index contributed by atoms with van der Waals surface area (Å²) in [5, 5.41) is 34.3. The Hall–Kier alpha value is -4.78. The van der Waals surface area contributed by atoms with Gasteiger partial charge in [-0.05, 0) is 92.7 Å². The summed E-state index contributed by atoms with van der Waals surface area (Å²) >= 11 is 0. The Bertz CT molecular complexity index is 1640. The van der Waals surface area contributed by atoms with Crippen LogP contribution in [0.25, 0.3) is 32.7 Å². The minimum Gasteiger partial charge on any atom is -0.550 e. The van der Waals surface area contributed by atoms with Gasteiger partial charge in [-0.1, -0.05) is 54.6 Å². The van der Waals surface area contributed by atoms with Crippen LogP contribution in [0, 0.1) is 0 Å². The molecule has 6 aromatic rings. The van der Waals surface area contributed by atoms with Crippen LogP contribution in [0.1, 0.15) is 55.2 Å². The zero-order valence-electron chi connectivity index (χ0n) is 25.6. The van der Waals surface area contributed by atoms with Gasteiger partial charge in [0, 0.05) is 69.2 Å². The van der Waals surface area contributed by atoms with Crippen molar-refractivity contribution in [2.45, 2.75) is 57.8 Å². The Balaban J connectivity index is 0.000000186. The summed E-state index contributed by atoms with van der Waals surface area (Å²) in [4.78, 5) is 40.3. The van der Waals surface area contributed by atoms with E-state index in [2.05, 4.69) is 15.0 Å². The summed E-state index contributed by atoms with van der Waals surface area (Å²) in [5.41, 5.74) is 6.81. The quantitative estimate of drug-likeness (QED) is 0.175. The third-order valence-corrected chi connectivity index (χ3v) is 7.51. The van der Waals surface area contributed by atoms with Crippen LogP contribution in [-0.2, 0) is 33.6 Å². The molecule has 9 nitrogen and oxygen atoms in total. The predicted octanol–water partition coefficient (Wildman–Crippen LogP) is 3.34. The number of para-hydroxylation sites is 3. The van der Waals surface area contributed by atoms with Crippen LogP contribution < -0.4 is 15.3 Å². The van der Waals surface area contributed by atoms with Gasteiger partial charge in [-0.25, -0.2) is 0 Å². The van der Waals surface area contributed by atoms with E-state index in [0.29, 0.717) is 19.3 Å². The molecule has 0 fully saturated rings. The number of aliphatic carboxylic acids is 3. The van der Waals surface area contributed by atoms with Crippen molar-refractivity contribution in [2.24, 2.45) is 0 Å². The minimum absolute atomic E-state index is 0. The number of aromatic nitrogens is 3. The number of hydrogen-bond acceptors (Lipinski definition) is 6. The first kappa shape index (κ1) is 35.7. The van der Waals surface area contributed by atoms with Gasteiger partial charge in [0.25, 0.3) is 0 Å². The molecule has 46 heavy (non-hydrogen) atoms. The molecule has 0 atom stereocenters. The summed E-state index contributed by atoms with van der Waals surface area (Å²) < 4.78 is 0. The van der Waals surface area contributed by atoms with Gasteiger partial charge < -0.3 is 44.7 Å². The summed E-state index contributed by atoms with van der Waals surface area (Å²) in [6.07, 6.45) is 10.4. The van der Waals surface area contributed by atoms with Crippen LogP contribution in [0.5, 0.6) is 0 Å². The first-order chi connectivity index (χ1) is 21.8. The fourth-order valence-electron chi connectivity index (χ4n) is 5.28. The van der Waals surface area contributed by atoms with E-state index in [0.717, 1.165) is 35.8 Å². The van der Waals surface area contributed by atoms with Crippen molar-refractivity contribution in [1.29, 1.82) is 0 Å². The minimum atomic E-state index is -0.977. The van der Waals surface area contributed by atoms with E-state index in [9.17, 15) is 29.7 Å². The number of hydrogen-bond donors (Lipinski definition) is 3. The van der Waals surface area contributed by atoms with Crippen LogP contribution in [0.15, 0.2) is 91.4 Å². The summed E-state index contributed by atoms with van der Waals surface area (Å²) in [6.45, 7) is 0. The molecule has 3 aromatic carbocycles. The fourth-order valence-corrected chi connectivity index (χ4v) is 5.28. The molecule has 3 N–H and O–H groups in total. The number of benzene rings is 3. The van der Waals surface area contributed by atoms with Gasteiger partial charge in [0.15, 0.2) is 0 Å². The van der Waals surface area contributed by atoms with Gasteiger partial charge in [-0.3, -0.25) is 0 Å². The first-order valence-corrected chi connectivity index (χ1v) is 15.1. The molecular weight excluding hydrogens is 597 g/mol. The van der Waals surface area contributed by atoms with Crippen molar-refractivity contribution in [3.63, 3.8) is 0 Å². The monoisotopic (exact) mass is 633 g/mol. The molecule has 0 amide bonds. The summed E-state index contributed by atoms with van der Waals surface area (Å²) in [5.74, 6) is -2.93. The van der Waals surface area contributed by atoms with Gasteiger partial charge in [0.05, 0.1) is 0 Å². The van der Waals surface area contributed by atoms with E-state index in [1.807, 2.05) is 91.4 Å². The second kappa shape index (κ2) is 18.3. The molecule has 0 saturated heterocycles. The smallest absolute Gasteiger partial charge is 0.550 e. The zero-order valence-corrected chi connectivity index (χ0v) is 26.7. The molecule has 234 valence electrons. The number of carbonyl (C=O) groups excluding carboxylic acids is 3. The molecular formula is C36H36AlN3O6. The molecule has 3 heterocycles. The summed E-state index contributed by atoms with van der Waals surface area (Å²) in [6, 6.07) is 24.0. The Morgan fingerprint density at radius 1 is 0.457 bits per heavy atom. The fraction of sp³-hybridized carbons (Fsp3) is 0.250. The van der Waals surface area contributed by atoms with E-state index in [1.165, 1.54) is 32.8 Å². The third kappa shape index (κ3) is 10.7. The molecule has 0 saturated carbocycles. The maximum atomic E-state index is 10.3. The van der Waals surface area contributed by atoms with Crippen molar-refractivity contribution in [3.05, 3.63) is 108 Å². The van der Waals surface area contributed by atoms with Crippen molar-refractivity contribution < 1.29 is 29.7 Å². The Morgan fingerprint density at radius 3 is 0.978 bits per heavy atom. The van der Waals surface area contributed by atoms with E-state index in [-0.39, 0.29) is 36.6 Å². The number of carboxylic acid groups (broad SMARTS) is 3. The standard InChI is InChI=1S/3C12H13NO2.Al/c3*14-12(15)7-3-4-9-8-13-11-6-2-1-5-10(9)11;/h3*1-2,5-6,8,13H,3-4,7H2,(H,14,15);/q;;;+3/p-3. The predicted molar refractivity (Wildman–Crippen MR) is 174 cm³/mol. The molecule has 0 aliphatic carbocycles. The van der Waals surface area contributed by atoms with Gasteiger partial charge in [0.1, 0.15) is 0 Å². The van der Waals surface area contributed by atoms with Crippen molar-refractivity contribution >= 4 is 68.0 Å². The first-order valence-electron chi connectivity index (χ1n) is 15.1. The van der Waals surface area contributed by atoms with Crippen LogP contribution >= 0.6 is 0 Å². The van der Waals surface area contributed by atoms with Gasteiger partial charge >= 0.3 is 17.4 Å². The van der Waals surface area contributed by atoms with Crippen LogP contribution in [0.4, 0.5) is 0 Å². The van der Waals surface area contributed by atoms with Crippen molar-refractivity contribution in [3.8, 4) is 0 Å². The van der Waals surface area contributed by atoms with Gasteiger partial charge in [-0.2, -0.15) is 0 Å². The molecule has 0 radical (unpaired) electrons. The maximum Gasteiger partial charge on any atom is 3.00 e. The van der Waals surface area contributed by atoms with E-state index in [1.54, 1.807) is 0 Å². The largest absolute Gasteiger partial charge is 3.00 e. The normalized spacial score (nSPS) is 10.4. The second-order valence-corrected chi connectivity index (χ2v) is 10.8. The number of aryl methyl sites for hydroxylation is 3. The van der Waals surface area contributed by atoms with Crippen molar-refractivity contribution in [2.75, 3.05) is 0 Å². The van der Waals surface area contributed by atoms with Crippen LogP contribution in [0.2, 0.25) is 0 Å². The maximum absolute atomic E-state index is 10.3. The summed E-state index contributed by atoms with van der Waals surface area (Å²) in [7, 11) is 0. The molecule has 10 heteroatoms. The number of fused-ring (bicyclic) bond motifs is 3. The van der Waals surface area contributed by atoms with E-state index >= 15 is 0 Å². The Labute approximate surface area is 277 Å². The molecule has 0 aliphatic heterocycles. The number of carbonyl (C=O) groups is 3. The number of H-pyrrole nitrogens is 3. The van der Waals surface area contributed by atoms with Crippen LogP contribution in [-0.4, -0.2) is 50.2 Å². The van der Waals surface area contributed by atoms with Gasteiger partial charge in [-0.15, -0.1) is 0 Å². The third-order valence-electron chi connectivity index (χ3n) is 7.51. The Morgan fingerprint density at radius 2 is 0.717 bits per heavy atom. The molecule has 0 unspecified atom stereocenters. The number of rotatable bonds is 12. The zero-order chi connectivity index (χ0) is 32.0. The molecule has 3 aromatic heterocycles. The number of nitrogens with one attached hydrogen (secondary N) is 3. The van der Waals surface area contributed by atoms with Crippen LogP contribution in [0.3, 0.4) is 0 Å². The Kier molecular flexibility index (Phi) is 14.2. The number of aromatic amines is 3. The number of carboxylic acids is 3.